The van der Waals surface area contributed by atoms with Crippen molar-refractivity contribution in [1.29, 1.82) is 0 Å². The van der Waals surface area contributed by atoms with Crippen LogP contribution >= 0.6 is 0 Å². The Hall–Kier alpha value is -6.44. The van der Waals surface area contributed by atoms with E-state index in [1.165, 1.54) is 110 Å². The van der Waals surface area contributed by atoms with Crippen LogP contribution in [-0.4, -0.2) is 0 Å². The first-order chi connectivity index (χ1) is 29.6. The smallest absolute Gasteiger partial charge is 0.0726 e. The minimum atomic E-state index is -0.406. The van der Waals surface area contributed by atoms with Crippen molar-refractivity contribution in [3.05, 3.63) is 221 Å². The Kier molecular flexibility index (Phi) is 7.48. The van der Waals surface area contributed by atoms with Crippen molar-refractivity contribution in [1.82, 2.24) is 0 Å². The molecule has 6 aliphatic carbocycles. The third-order valence-electron chi connectivity index (χ3n) is 15.3. The number of fused-ring (bicyclic) bond motifs is 10. The Morgan fingerprint density at radius 2 is 0.833 bits per heavy atom. The van der Waals surface area contributed by atoms with Crippen LogP contribution in [-0.2, 0) is 5.41 Å². The van der Waals surface area contributed by atoms with Crippen LogP contribution in [0.25, 0.3) is 44.5 Å². The monoisotopic (exact) mass is 769 g/mol. The summed E-state index contributed by atoms with van der Waals surface area (Å²) in [6.45, 7) is 2.28. The third kappa shape index (κ3) is 4.99. The summed E-state index contributed by atoms with van der Waals surface area (Å²) in [6.07, 6.45) is 6.96. The van der Waals surface area contributed by atoms with Crippen LogP contribution in [0.3, 0.4) is 0 Å². The lowest BCUT2D eigenvalue weighted by Gasteiger charge is -2.38. The zero-order valence-electron chi connectivity index (χ0n) is 34.1. The van der Waals surface area contributed by atoms with E-state index in [1.807, 2.05) is 0 Å². The highest BCUT2D eigenvalue weighted by molar-refractivity contribution is 5.97. The van der Waals surface area contributed by atoms with Crippen LogP contribution in [0.1, 0.15) is 82.9 Å². The van der Waals surface area contributed by atoms with E-state index in [9.17, 15) is 0 Å². The van der Waals surface area contributed by atoms with E-state index in [0.29, 0.717) is 11.8 Å². The normalized spacial score (nSPS) is 22.1. The van der Waals surface area contributed by atoms with Gasteiger partial charge in [-0.1, -0.05) is 151 Å². The van der Waals surface area contributed by atoms with Crippen molar-refractivity contribution in [3.8, 4) is 44.5 Å². The third-order valence-corrected chi connectivity index (χ3v) is 15.3. The molecule has 0 aliphatic heterocycles. The first kappa shape index (κ1) is 34.4. The summed E-state index contributed by atoms with van der Waals surface area (Å²) in [5, 5.41) is 0. The maximum atomic E-state index is 2.76. The van der Waals surface area contributed by atoms with E-state index >= 15 is 0 Å². The van der Waals surface area contributed by atoms with Crippen molar-refractivity contribution < 1.29 is 0 Å². The maximum absolute atomic E-state index is 2.76. The van der Waals surface area contributed by atoms with Gasteiger partial charge >= 0.3 is 0 Å². The molecule has 3 unspecified atom stereocenters. The number of hydrogen-bond acceptors (Lipinski definition) is 1. The summed E-state index contributed by atoms with van der Waals surface area (Å²) < 4.78 is 0. The predicted molar refractivity (Wildman–Crippen MR) is 249 cm³/mol. The Morgan fingerprint density at radius 1 is 0.367 bits per heavy atom. The highest BCUT2D eigenvalue weighted by Crippen LogP contribution is 2.66. The second-order valence-corrected chi connectivity index (χ2v) is 18.6. The molecule has 1 heteroatoms. The SMILES string of the molecule is Cc1ccc2c(c1)C1(c3ccccc3-c3ccc(N(c4ccc(-c5ccccc5)cc4)c4ccc(-c5ccccc5)cc4)cc31)c1cc3c(cc1-2)C1CC2CC(C1)CC3C2. The fraction of sp³-hybridized carbons (Fsp3) is 0.186. The number of rotatable bonds is 5. The predicted octanol–water partition coefficient (Wildman–Crippen LogP) is 15.5. The summed E-state index contributed by atoms with van der Waals surface area (Å²) in [4.78, 5) is 2.47. The van der Waals surface area contributed by atoms with Gasteiger partial charge in [-0.05, 0) is 177 Å². The van der Waals surface area contributed by atoms with Gasteiger partial charge in [-0.15, -0.1) is 0 Å². The summed E-state index contributed by atoms with van der Waals surface area (Å²) >= 11 is 0. The molecule has 288 valence electrons. The van der Waals surface area contributed by atoms with Crippen LogP contribution in [0.5, 0.6) is 0 Å². The molecule has 1 spiro atoms. The molecular formula is C59H47N. The second kappa shape index (κ2) is 13.0. The second-order valence-electron chi connectivity index (χ2n) is 18.6. The summed E-state index contributed by atoms with van der Waals surface area (Å²) in [7, 11) is 0. The zero-order chi connectivity index (χ0) is 39.5. The standard InChI is InChI=1S/C59H47N/c1-37-16-26-51-54-35-52-44-30-38-29-39(31-44)33-45(32-38)53(52)36-58(54)59(56(51)28-37)55-15-9-8-14-49(55)50-27-25-48(34-57(50)59)60(46-21-17-42(18-22-46)40-10-4-2-5-11-40)47-23-19-43(20-24-47)41-12-6-3-7-13-41/h2-28,34-36,38-39,44-45H,29-33H2,1H3. The molecule has 0 aromatic heterocycles. The molecule has 0 heterocycles. The van der Waals surface area contributed by atoms with E-state index in [2.05, 4.69) is 194 Å². The number of benzene rings is 8. The van der Waals surface area contributed by atoms with E-state index < -0.39 is 5.41 Å². The van der Waals surface area contributed by atoms with E-state index in [0.717, 1.165) is 23.2 Å². The summed E-state index contributed by atoms with van der Waals surface area (Å²) in [5.74, 6) is 3.17. The van der Waals surface area contributed by atoms with Crippen LogP contribution in [0.15, 0.2) is 182 Å². The Bertz CT molecular complexity index is 2880. The van der Waals surface area contributed by atoms with Crippen molar-refractivity contribution >= 4 is 17.1 Å². The van der Waals surface area contributed by atoms with Gasteiger partial charge in [-0.2, -0.15) is 0 Å². The van der Waals surface area contributed by atoms with Gasteiger partial charge in [-0.3, -0.25) is 0 Å². The minimum absolute atomic E-state index is 0.406. The van der Waals surface area contributed by atoms with Crippen LogP contribution in [0.4, 0.5) is 17.1 Å². The molecule has 8 aromatic rings. The first-order valence-corrected chi connectivity index (χ1v) is 22.3. The molecule has 0 amide bonds. The molecule has 4 bridgehead atoms. The highest BCUT2D eigenvalue weighted by Gasteiger charge is 2.53. The average molecular weight is 770 g/mol. The van der Waals surface area contributed by atoms with Gasteiger partial charge in [-0.25, -0.2) is 0 Å². The molecule has 8 aromatic carbocycles. The molecule has 60 heavy (non-hydrogen) atoms. The van der Waals surface area contributed by atoms with Crippen molar-refractivity contribution in [3.63, 3.8) is 0 Å². The van der Waals surface area contributed by atoms with E-state index in [4.69, 9.17) is 0 Å². The van der Waals surface area contributed by atoms with Crippen LogP contribution in [0, 0.1) is 18.8 Å². The maximum Gasteiger partial charge on any atom is 0.0726 e. The molecule has 6 aliphatic rings. The van der Waals surface area contributed by atoms with Gasteiger partial charge < -0.3 is 4.90 Å². The molecule has 1 nitrogen and oxygen atoms in total. The van der Waals surface area contributed by atoms with E-state index in [-0.39, 0.29) is 0 Å². The lowest BCUT2D eigenvalue weighted by atomic mass is 9.67. The Balaban J connectivity index is 1.03. The van der Waals surface area contributed by atoms with Crippen LogP contribution < -0.4 is 4.90 Å². The van der Waals surface area contributed by atoms with Gasteiger partial charge in [0.05, 0.1) is 5.41 Å². The molecule has 0 radical (unpaired) electrons. The number of anilines is 3. The molecule has 14 rings (SSSR count). The fourth-order valence-electron chi connectivity index (χ4n) is 12.9. The molecular weight excluding hydrogens is 723 g/mol. The quantitative estimate of drug-likeness (QED) is 0.169. The average Bonchev–Trinajstić information content (AvgIpc) is 3.68. The van der Waals surface area contributed by atoms with Gasteiger partial charge in [0.15, 0.2) is 0 Å². The lowest BCUT2D eigenvalue weighted by Crippen LogP contribution is -2.27. The van der Waals surface area contributed by atoms with E-state index in [1.54, 1.807) is 11.1 Å². The fourth-order valence-corrected chi connectivity index (χ4v) is 12.9. The highest BCUT2D eigenvalue weighted by atomic mass is 15.1. The van der Waals surface area contributed by atoms with Crippen molar-refractivity contribution in [2.45, 2.75) is 56.3 Å². The minimum Gasteiger partial charge on any atom is -0.310 e. The Morgan fingerprint density at radius 3 is 1.47 bits per heavy atom. The van der Waals surface area contributed by atoms with Gasteiger partial charge in [0, 0.05) is 17.1 Å². The number of hydrogen-bond donors (Lipinski definition) is 0. The molecule has 3 atom stereocenters. The van der Waals surface area contributed by atoms with Gasteiger partial charge in [0.25, 0.3) is 0 Å². The van der Waals surface area contributed by atoms with Crippen molar-refractivity contribution in [2.24, 2.45) is 11.8 Å². The zero-order valence-corrected chi connectivity index (χ0v) is 34.1. The Labute approximate surface area is 354 Å². The van der Waals surface area contributed by atoms with Crippen LogP contribution in [0.2, 0.25) is 0 Å². The van der Waals surface area contributed by atoms with Gasteiger partial charge in [0.1, 0.15) is 0 Å². The lowest BCUT2D eigenvalue weighted by molar-refractivity contribution is 0.166. The number of nitrogens with zero attached hydrogens (tertiary/aromatic N) is 1. The molecule has 2 fully saturated rings. The number of aryl methyl sites for hydroxylation is 1. The summed E-state index contributed by atoms with van der Waals surface area (Å²) in [6, 6.07) is 69.2. The summed E-state index contributed by atoms with van der Waals surface area (Å²) in [5.41, 5.74) is 24.0. The van der Waals surface area contributed by atoms with Gasteiger partial charge in [0.2, 0.25) is 0 Å². The molecule has 0 N–H and O–H groups in total. The topological polar surface area (TPSA) is 3.24 Å². The first-order valence-electron chi connectivity index (χ1n) is 22.3. The largest absolute Gasteiger partial charge is 0.310 e. The molecule has 2 saturated carbocycles. The van der Waals surface area contributed by atoms with Crippen molar-refractivity contribution in [2.75, 3.05) is 4.90 Å². The molecule has 0 saturated heterocycles.